The Bertz CT molecular complexity index is 419. The van der Waals surface area contributed by atoms with E-state index in [9.17, 15) is 0 Å². The van der Waals surface area contributed by atoms with Gasteiger partial charge in [-0.2, -0.15) is 0 Å². The molecule has 0 aliphatic carbocycles. The first-order valence-electron chi connectivity index (χ1n) is 5.74. The maximum absolute atomic E-state index is 8.63. The van der Waals surface area contributed by atoms with E-state index in [-0.39, 0.29) is 6.61 Å². The molecule has 2 heterocycles. The maximum atomic E-state index is 8.63. The molecule has 4 heteroatoms. The number of nitrogens with zero attached hydrogens (tertiary/aromatic N) is 1. The third-order valence-electron chi connectivity index (χ3n) is 2.91. The van der Waals surface area contributed by atoms with Crippen LogP contribution in [0.25, 0.3) is 0 Å². The first kappa shape index (κ1) is 12.6. The summed E-state index contributed by atoms with van der Waals surface area (Å²) >= 11 is 1.73. The van der Waals surface area contributed by atoms with Crippen molar-refractivity contribution in [3.05, 3.63) is 21.9 Å². The highest BCUT2D eigenvalue weighted by atomic mass is 32.1. The van der Waals surface area contributed by atoms with Crippen LogP contribution in [0.1, 0.15) is 16.9 Å². The van der Waals surface area contributed by atoms with Crippen LogP contribution in [0.3, 0.4) is 0 Å². The van der Waals surface area contributed by atoms with E-state index in [4.69, 9.17) is 9.84 Å². The van der Waals surface area contributed by atoms with E-state index < -0.39 is 0 Å². The lowest BCUT2D eigenvalue weighted by Gasteiger charge is -2.13. The highest BCUT2D eigenvalue weighted by molar-refractivity contribution is 7.10. The van der Waals surface area contributed by atoms with E-state index >= 15 is 0 Å². The van der Waals surface area contributed by atoms with Crippen LogP contribution in [0.15, 0.2) is 11.4 Å². The molecule has 17 heavy (non-hydrogen) atoms. The molecule has 1 unspecified atom stereocenters. The monoisotopic (exact) mass is 251 g/mol. The van der Waals surface area contributed by atoms with E-state index in [0.29, 0.717) is 6.10 Å². The lowest BCUT2D eigenvalue weighted by Crippen LogP contribution is -2.21. The molecular weight excluding hydrogens is 234 g/mol. The van der Waals surface area contributed by atoms with Gasteiger partial charge in [0.15, 0.2) is 0 Å². The van der Waals surface area contributed by atoms with Crippen molar-refractivity contribution in [1.82, 2.24) is 4.90 Å². The van der Waals surface area contributed by atoms with Gasteiger partial charge in [0, 0.05) is 42.6 Å². The van der Waals surface area contributed by atoms with Crippen LogP contribution >= 0.6 is 11.3 Å². The number of aliphatic hydroxyl groups excluding tert-OH is 1. The van der Waals surface area contributed by atoms with Crippen LogP contribution in [-0.4, -0.2) is 42.9 Å². The Balaban J connectivity index is 1.89. The molecule has 0 radical (unpaired) electrons. The first-order valence-corrected chi connectivity index (χ1v) is 6.62. The molecule has 1 aliphatic heterocycles. The molecule has 2 rings (SSSR count). The Morgan fingerprint density at radius 2 is 2.53 bits per heavy atom. The van der Waals surface area contributed by atoms with Crippen LogP contribution in [-0.2, 0) is 11.3 Å². The van der Waals surface area contributed by atoms with Gasteiger partial charge in [-0.1, -0.05) is 11.8 Å². The molecule has 0 aromatic carbocycles. The fourth-order valence-corrected chi connectivity index (χ4v) is 2.88. The van der Waals surface area contributed by atoms with Crippen molar-refractivity contribution >= 4 is 11.3 Å². The smallest absolute Gasteiger partial charge is 0.104 e. The van der Waals surface area contributed by atoms with Gasteiger partial charge in [0.05, 0.1) is 6.10 Å². The highest BCUT2D eigenvalue weighted by Crippen LogP contribution is 2.20. The Labute approximate surface area is 106 Å². The van der Waals surface area contributed by atoms with Gasteiger partial charge < -0.3 is 9.84 Å². The summed E-state index contributed by atoms with van der Waals surface area (Å²) in [6.07, 6.45) is 1.52. The van der Waals surface area contributed by atoms with Crippen LogP contribution in [0, 0.1) is 11.8 Å². The number of likely N-dealkylation sites (tertiary alicyclic amines) is 1. The van der Waals surface area contributed by atoms with Crippen molar-refractivity contribution in [2.75, 3.05) is 26.8 Å². The lowest BCUT2D eigenvalue weighted by molar-refractivity contribution is 0.107. The summed E-state index contributed by atoms with van der Waals surface area (Å²) in [5, 5.41) is 10.7. The fourth-order valence-electron chi connectivity index (χ4n) is 2.02. The zero-order valence-corrected chi connectivity index (χ0v) is 10.8. The minimum Gasteiger partial charge on any atom is -0.384 e. The zero-order valence-electron chi connectivity index (χ0n) is 9.98. The van der Waals surface area contributed by atoms with Crippen molar-refractivity contribution in [2.45, 2.75) is 19.1 Å². The molecule has 1 aromatic rings. The molecular formula is C13H17NO2S. The first-order chi connectivity index (χ1) is 8.31. The quantitative estimate of drug-likeness (QED) is 0.822. The number of hydrogen-bond donors (Lipinski definition) is 1. The summed E-state index contributed by atoms with van der Waals surface area (Å²) in [5.41, 5.74) is 1.00. The van der Waals surface area contributed by atoms with Crippen molar-refractivity contribution in [1.29, 1.82) is 0 Å². The Morgan fingerprint density at radius 3 is 3.24 bits per heavy atom. The second kappa shape index (κ2) is 6.18. The maximum Gasteiger partial charge on any atom is 0.104 e. The van der Waals surface area contributed by atoms with Crippen molar-refractivity contribution in [2.24, 2.45) is 0 Å². The fraction of sp³-hybridized carbons (Fsp3) is 0.538. The molecule has 1 saturated heterocycles. The molecule has 1 N–H and O–H groups in total. The van der Waals surface area contributed by atoms with Crippen LogP contribution < -0.4 is 0 Å². The lowest BCUT2D eigenvalue weighted by atomic mass is 10.3. The largest absolute Gasteiger partial charge is 0.384 e. The average Bonchev–Trinajstić information content (AvgIpc) is 2.96. The normalized spacial score (nSPS) is 20.2. The number of thiophene rings is 1. The second-order valence-corrected chi connectivity index (χ2v) is 5.14. The van der Waals surface area contributed by atoms with Gasteiger partial charge in [-0.3, -0.25) is 4.90 Å². The topological polar surface area (TPSA) is 32.7 Å². The minimum absolute atomic E-state index is 0.0766. The summed E-state index contributed by atoms with van der Waals surface area (Å²) < 4.78 is 5.35. The Hall–Kier alpha value is -0.860. The molecule has 3 nitrogen and oxygen atoms in total. The molecule has 0 bridgehead atoms. The predicted octanol–water partition coefficient (Wildman–Crippen LogP) is 1.31. The van der Waals surface area contributed by atoms with E-state index in [1.54, 1.807) is 18.4 Å². The van der Waals surface area contributed by atoms with E-state index in [0.717, 1.165) is 31.6 Å². The third kappa shape index (κ3) is 3.55. The van der Waals surface area contributed by atoms with Gasteiger partial charge in [0.2, 0.25) is 0 Å². The van der Waals surface area contributed by atoms with Crippen molar-refractivity contribution in [3.63, 3.8) is 0 Å². The molecule has 92 valence electrons. The number of ether oxygens (including phenoxy) is 1. The molecule has 1 fully saturated rings. The van der Waals surface area contributed by atoms with Gasteiger partial charge >= 0.3 is 0 Å². The molecule has 0 spiro atoms. The SMILES string of the molecule is COC1CCN(Cc2cc(C#CCO)cs2)C1. The van der Waals surface area contributed by atoms with Gasteiger partial charge in [-0.15, -0.1) is 11.3 Å². The van der Waals surface area contributed by atoms with Crippen LogP contribution in [0.2, 0.25) is 0 Å². The summed E-state index contributed by atoms with van der Waals surface area (Å²) in [4.78, 5) is 3.73. The number of hydrogen-bond acceptors (Lipinski definition) is 4. The minimum atomic E-state index is -0.0766. The zero-order chi connectivity index (χ0) is 12.1. The molecule has 1 aromatic heterocycles. The molecule has 0 saturated carbocycles. The second-order valence-electron chi connectivity index (χ2n) is 4.14. The van der Waals surface area contributed by atoms with Crippen molar-refractivity contribution in [3.8, 4) is 11.8 Å². The van der Waals surface area contributed by atoms with Gasteiger partial charge in [-0.05, 0) is 12.5 Å². The Kier molecular flexibility index (Phi) is 4.57. The number of aliphatic hydroxyl groups is 1. The van der Waals surface area contributed by atoms with Gasteiger partial charge in [0.25, 0.3) is 0 Å². The highest BCUT2D eigenvalue weighted by Gasteiger charge is 2.22. The third-order valence-corrected chi connectivity index (χ3v) is 3.83. The molecule has 1 atom stereocenters. The van der Waals surface area contributed by atoms with E-state index in [2.05, 4.69) is 22.8 Å². The van der Waals surface area contributed by atoms with Crippen LogP contribution in [0.4, 0.5) is 0 Å². The van der Waals surface area contributed by atoms with Crippen molar-refractivity contribution < 1.29 is 9.84 Å². The predicted molar refractivity (Wildman–Crippen MR) is 69.0 cm³/mol. The molecule has 1 aliphatic rings. The summed E-state index contributed by atoms with van der Waals surface area (Å²) in [7, 11) is 1.78. The van der Waals surface area contributed by atoms with E-state index in [1.807, 2.05) is 5.38 Å². The van der Waals surface area contributed by atoms with Gasteiger partial charge in [-0.25, -0.2) is 0 Å². The van der Waals surface area contributed by atoms with E-state index in [1.165, 1.54) is 4.88 Å². The summed E-state index contributed by atoms with van der Waals surface area (Å²) in [5.74, 6) is 5.59. The number of methoxy groups -OCH3 is 1. The van der Waals surface area contributed by atoms with Crippen LogP contribution in [0.5, 0.6) is 0 Å². The van der Waals surface area contributed by atoms with Gasteiger partial charge in [0.1, 0.15) is 6.61 Å². The Morgan fingerprint density at radius 1 is 1.65 bits per heavy atom. The average molecular weight is 251 g/mol. The summed E-state index contributed by atoms with van der Waals surface area (Å²) in [6, 6.07) is 2.10. The number of rotatable bonds is 3. The standard InChI is InChI=1S/C13H17NO2S/c1-16-12-4-5-14(8-12)9-13-7-11(10-17-13)3-2-6-15/h7,10,12,15H,4-6,8-9H2,1H3. The summed E-state index contributed by atoms with van der Waals surface area (Å²) in [6.45, 7) is 3.03. The molecule has 0 amide bonds.